The molecule has 1 N–H and O–H groups in total. The summed E-state index contributed by atoms with van der Waals surface area (Å²) in [4.78, 5) is 27.2. The highest BCUT2D eigenvalue weighted by Gasteiger charge is 2.54. The standard InChI is InChI=1S/C44H55BrN2O8/c1-25(2)12-11-18-43(8)20-17-30-35(54-43)29(14-13-26(3)4)36-34(37(30)52-24-45)38-32(23-51-36)33(31(22-46)40(47)53-38)28-16-19-42(6,7)55-44(9,39(28)48)21-15-27(5)41(49)50-10/h12-13,15,17,20,28,31,33,47H,11,14,16,18-19,21,23-24H2,1-10H3. The van der Waals surface area contributed by atoms with Crippen LogP contribution in [0.3, 0.4) is 0 Å². The Balaban J connectivity index is 1.71. The number of hydrogen-bond acceptors (Lipinski definition) is 10. The van der Waals surface area contributed by atoms with E-state index in [4.69, 9.17) is 33.8 Å². The van der Waals surface area contributed by atoms with Gasteiger partial charge in [-0.25, -0.2) is 4.79 Å². The second kappa shape index (κ2) is 16.5. The number of nitrogens with zero attached hydrogens (tertiary/aromatic N) is 1. The second-order valence-electron chi connectivity index (χ2n) is 16.5. The molecule has 11 heteroatoms. The molecule has 1 fully saturated rings. The zero-order valence-electron chi connectivity index (χ0n) is 33.9. The van der Waals surface area contributed by atoms with Gasteiger partial charge in [0.2, 0.25) is 5.90 Å². The molecule has 1 saturated heterocycles. The van der Waals surface area contributed by atoms with Gasteiger partial charge in [0.15, 0.2) is 5.78 Å². The SMILES string of the molecule is COC(=O)C(C)=CCC1(C)OC(C)(C)CCC(C2C3=C(OC(=N)C2C#N)c2c(OCBr)c4c(c(CC=C(C)C)c2OC3)OC(C)(CCC=C(C)C)C=C4)C1=O. The highest BCUT2D eigenvalue weighted by molar-refractivity contribution is 9.09. The average molecular weight is 820 g/mol. The van der Waals surface area contributed by atoms with Gasteiger partial charge in [-0.1, -0.05) is 29.4 Å². The van der Waals surface area contributed by atoms with Gasteiger partial charge in [-0.05, 0) is 122 Å². The molecular formula is C44H55BrN2O8. The predicted octanol–water partition coefficient (Wildman–Crippen LogP) is 9.75. The fourth-order valence-corrected chi connectivity index (χ4v) is 8.33. The summed E-state index contributed by atoms with van der Waals surface area (Å²) in [6.45, 7) is 17.6. The molecule has 0 amide bonds. The summed E-state index contributed by atoms with van der Waals surface area (Å²) in [6.07, 6.45) is 13.3. The van der Waals surface area contributed by atoms with Crippen molar-refractivity contribution in [3.05, 3.63) is 63.3 Å². The normalized spacial score (nSPS) is 26.8. The number of nitriles is 1. The van der Waals surface area contributed by atoms with Crippen LogP contribution in [0.1, 0.15) is 111 Å². The van der Waals surface area contributed by atoms with E-state index in [9.17, 15) is 14.9 Å². The number of halogens is 1. The maximum atomic E-state index is 14.9. The predicted molar refractivity (Wildman–Crippen MR) is 216 cm³/mol. The number of esters is 1. The first-order valence-electron chi connectivity index (χ1n) is 19.0. The molecule has 10 nitrogen and oxygen atoms in total. The number of fused-ring (bicyclic) bond motifs is 3. The first-order chi connectivity index (χ1) is 25.9. The smallest absolute Gasteiger partial charge is 0.333 e. The number of carbonyl (C=O) groups is 2. The number of methoxy groups -OCH3 is 1. The molecule has 0 aliphatic carbocycles. The van der Waals surface area contributed by atoms with Crippen molar-refractivity contribution >= 4 is 45.4 Å². The molecule has 0 radical (unpaired) electrons. The minimum absolute atomic E-state index is 0.0343. The Hall–Kier alpha value is -4.14. The van der Waals surface area contributed by atoms with Crippen LogP contribution < -0.4 is 14.2 Å². The monoisotopic (exact) mass is 818 g/mol. The first kappa shape index (κ1) is 42.0. The van der Waals surface area contributed by atoms with E-state index in [0.29, 0.717) is 59.0 Å². The van der Waals surface area contributed by atoms with Crippen LogP contribution in [0.2, 0.25) is 0 Å². The lowest BCUT2D eigenvalue weighted by molar-refractivity contribution is -0.162. The molecule has 1 aromatic carbocycles. The van der Waals surface area contributed by atoms with Crippen LogP contribution in [0, 0.1) is 34.5 Å². The zero-order chi connectivity index (χ0) is 40.5. The van der Waals surface area contributed by atoms with Crippen molar-refractivity contribution in [3.8, 4) is 23.3 Å². The van der Waals surface area contributed by atoms with Gasteiger partial charge in [-0.3, -0.25) is 10.2 Å². The van der Waals surface area contributed by atoms with Crippen molar-refractivity contribution in [2.45, 2.75) is 118 Å². The molecule has 4 aliphatic rings. The van der Waals surface area contributed by atoms with Crippen molar-refractivity contribution in [2.75, 3.05) is 19.2 Å². The molecule has 0 aromatic heterocycles. The summed E-state index contributed by atoms with van der Waals surface area (Å²) in [7, 11) is 1.31. The van der Waals surface area contributed by atoms with Crippen molar-refractivity contribution in [2.24, 2.45) is 17.8 Å². The molecule has 296 valence electrons. The Morgan fingerprint density at radius 2 is 1.80 bits per heavy atom. The van der Waals surface area contributed by atoms with E-state index in [1.807, 2.05) is 33.8 Å². The molecule has 5 atom stereocenters. The fraction of sp³-hybridized carbons (Fsp3) is 0.545. The summed E-state index contributed by atoms with van der Waals surface area (Å²) >= 11 is 3.48. The Morgan fingerprint density at radius 3 is 2.44 bits per heavy atom. The quantitative estimate of drug-likeness (QED) is 0.100. The van der Waals surface area contributed by atoms with Gasteiger partial charge in [0.1, 0.15) is 57.8 Å². The summed E-state index contributed by atoms with van der Waals surface area (Å²) in [6, 6.07) is 2.30. The molecule has 1 aromatic rings. The number of ketones is 1. The van der Waals surface area contributed by atoms with E-state index in [-0.39, 0.29) is 30.2 Å². The number of hydrogen-bond donors (Lipinski definition) is 1. The summed E-state index contributed by atoms with van der Waals surface area (Å²) in [5, 5.41) is 19.7. The summed E-state index contributed by atoms with van der Waals surface area (Å²) in [5.41, 5.74) is 2.98. The van der Waals surface area contributed by atoms with Crippen LogP contribution in [0.25, 0.3) is 11.8 Å². The number of carbonyl (C=O) groups excluding carboxylic acids is 2. The third-order valence-corrected chi connectivity index (χ3v) is 11.2. The number of ether oxygens (including phenoxy) is 6. The summed E-state index contributed by atoms with van der Waals surface area (Å²) in [5.74, 6) is -1.44. The summed E-state index contributed by atoms with van der Waals surface area (Å²) < 4.78 is 37.9. The molecule has 55 heavy (non-hydrogen) atoms. The van der Waals surface area contributed by atoms with E-state index < -0.39 is 40.5 Å². The Morgan fingerprint density at radius 1 is 1.09 bits per heavy atom. The van der Waals surface area contributed by atoms with Gasteiger partial charge in [-0.15, -0.1) is 0 Å². The van der Waals surface area contributed by atoms with Crippen LogP contribution in [-0.4, -0.2) is 53.7 Å². The van der Waals surface area contributed by atoms with Crippen molar-refractivity contribution in [1.82, 2.24) is 0 Å². The minimum Gasteiger partial charge on any atom is -0.488 e. The number of nitrogens with one attached hydrogen (secondary N) is 1. The number of benzene rings is 1. The number of alkyl halides is 1. The van der Waals surface area contributed by atoms with E-state index in [1.165, 1.54) is 12.7 Å². The minimum atomic E-state index is -1.34. The van der Waals surface area contributed by atoms with Crippen LogP contribution in [-0.2, 0) is 30.2 Å². The lowest BCUT2D eigenvalue weighted by atomic mass is 9.68. The molecule has 4 aliphatic heterocycles. The largest absolute Gasteiger partial charge is 0.488 e. The van der Waals surface area contributed by atoms with Gasteiger partial charge in [0.05, 0.1) is 24.3 Å². The van der Waals surface area contributed by atoms with Crippen LogP contribution >= 0.6 is 15.9 Å². The lowest BCUT2D eigenvalue weighted by Crippen LogP contribution is -2.49. The van der Waals surface area contributed by atoms with Gasteiger partial charge >= 0.3 is 5.97 Å². The van der Waals surface area contributed by atoms with Crippen LogP contribution in [0.5, 0.6) is 17.2 Å². The third-order valence-electron chi connectivity index (χ3n) is 11.0. The lowest BCUT2D eigenvalue weighted by Gasteiger charge is -2.42. The van der Waals surface area contributed by atoms with E-state index in [1.54, 1.807) is 19.9 Å². The van der Waals surface area contributed by atoms with E-state index in [0.717, 1.165) is 29.5 Å². The third kappa shape index (κ3) is 8.66. The number of rotatable bonds is 11. The molecule has 0 bridgehead atoms. The molecule has 0 saturated carbocycles. The molecule has 5 unspecified atom stereocenters. The number of Topliss-reactive ketones (excluding diaryl/α,β-unsaturated/α-hetero) is 1. The molecule has 0 spiro atoms. The highest BCUT2D eigenvalue weighted by Crippen LogP contribution is 2.56. The highest BCUT2D eigenvalue weighted by atomic mass is 79.9. The van der Waals surface area contributed by atoms with E-state index in [2.05, 4.69) is 61.0 Å². The van der Waals surface area contributed by atoms with Gasteiger partial charge in [-0.2, -0.15) is 5.26 Å². The molecular weight excluding hydrogens is 764 g/mol. The topological polar surface area (TPSA) is 137 Å². The maximum absolute atomic E-state index is 14.9. The Kier molecular flexibility index (Phi) is 12.6. The fourth-order valence-electron chi connectivity index (χ4n) is 8.10. The Bertz CT molecular complexity index is 1940. The van der Waals surface area contributed by atoms with Crippen molar-refractivity contribution in [3.63, 3.8) is 0 Å². The first-order valence-corrected chi connectivity index (χ1v) is 20.1. The van der Waals surface area contributed by atoms with E-state index >= 15 is 0 Å². The zero-order valence-corrected chi connectivity index (χ0v) is 35.5. The van der Waals surface area contributed by atoms with Crippen LogP contribution in [0.15, 0.2) is 46.6 Å². The van der Waals surface area contributed by atoms with Gasteiger partial charge in [0, 0.05) is 35.0 Å². The maximum Gasteiger partial charge on any atom is 0.333 e. The molecule has 4 heterocycles. The second-order valence-corrected chi connectivity index (χ2v) is 16.9. The molecule has 5 rings (SSSR count). The average Bonchev–Trinajstić information content (AvgIpc) is 3.20. The van der Waals surface area contributed by atoms with Crippen molar-refractivity contribution < 1.29 is 38.0 Å². The Labute approximate surface area is 334 Å². The van der Waals surface area contributed by atoms with Crippen molar-refractivity contribution in [1.29, 1.82) is 10.7 Å². The number of allylic oxidation sites excluding steroid dienone is 4. The van der Waals surface area contributed by atoms with Crippen LogP contribution in [0.4, 0.5) is 0 Å². The van der Waals surface area contributed by atoms with Gasteiger partial charge in [0.25, 0.3) is 0 Å². The van der Waals surface area contributed by atoms with Gasteiger partial charge < -0.3 is 28.4 Å².